The van der Waals surface area contributed by atoms with Crippen molar-refractivity contribution in [3.8, 4) is 5.75 Å². The number of hydrogen-bond acceptors (Lipinski definition) is 9. The molecular weight excluding hydrogens is 638 g/mol. The van der Waals surface area contributed by atoms with E-state index in [1.807, 2.05) is 127 Å². The van der Waals surface area contributed by atoms with E-state index in [0.29, 0.717) is 28.1 Å². The second-order valence-electron chi connectivity index (χ2n) is 11.2. The van der Waals surface area contributed by atoms with Crippen LogP contribution in [0.1, 0.15) is 0 Å². The van der Waals surface area contributed by atoms with Gasteiger partial charge in [0.15, 0.2) is 6.10 Å². The van der Waals surface area contributed by atoms with Gasteiger partial charge >= 0.3 is 16.5 Å². The highest BCUT2D eigenvalue weighted by molar-refractivity contribution is 7.32. The lowest BCUT2D eigenvalue weighted by atomic mass is 10.0. The third kappa shape index (κ3) is 5.51. The molecule has 2 fully saturated rings. The summed E-state index contributed by atoms with van der Waals surface area (Å²) in [5, 5.41) is 3.69. The minimum atomic E-state index is -1.97. The second kappa shape index (κ2) is 12.3. The molecule has 9 nitrogen and oxygen atoms in total. The van der Waals surface area contributed by atoms with Crippen molar-refractivity contribution < 1.29 is 40.0 Å². The fourth-order valence-corrected chi connectivity index (χ4v) is 8.49. The number of fused-ring (bicyclic) bond motifs is 8. The summed E-state index contributed by atoms with van der Waals surface area (Å²) in [4.78, 5) is 0. The summed E-state index contributed by atoms with van der Waals surface area (Å²) in [6.07, 6.45) is -3.33. The van der Waals surface area contributed by atoms with Gasteiger partial charge in [-0.1, -0.05) is 91.0 Å². The summed E-state index contributed by atoms with van der Waals surface area (Å²) in [5.41, 5.74) is 2.65. The molecule has 5 atom stereocenters. The quantitative estimate of drug-likeness (QED) is 0.172. The first-order valence-electron chi connectivity index (χ1n) is 15.3. The molecule has 236 valence electrons. The number of benzene rings is 5. The largest absolute Gasteiger partial charge is 0.462 e. The molecule has 4 heterocycles. The molecule has 0 aliphatic carbocycles. The Morgan fingerprint density at radius 1 is 0.489 bits per heavy atom. The van der Waals surface area contributed by atoms with Crippen LogP contribution in [0.5, 0.6) is 5.75 Å². The zero-order chi connectivity index (χ0) is 31.2. The second-order valence-corrected chi connectivity index (χ2v) is 13.3. The van der Waals surface area contributed by atoms with Crippen molar-refractivity contribution in [2.75, 3.05) is 6.61 Å². The molecule has 9 rings (SSSR count). The predicted octanol–water partition coefficient (Wildman–Crippen LogP) is 9.39. The molecule has 2 saturated heterocycles. The molecule has 0 saturated carbocycles. The highest BCUT2D eigenvalue weighted by Crippen LogP contribution is 2.42. The summed E-state index contributed by atoms with van der Waals surface area (Å²) in [5.74, 6) is 0.629. The van der Waals surface area contributed by atoms with Crippen LogP contribution in [0.15, 0.2) is 144 Å². The van der Waals surface area contributed by atoms with Gasteiger partial charge in [0.2, 0.25) is 6.29 Å². The lowest BCUT2D eigenvalue weighted by Crippen LogP contribution is -2.58. The maximum absolute atomic E-state index is 6.69. The molecule has 2 bridgehead atoms. The normalized spacial score (nSPS) is 22.2. The van der Waals surface area contributed by atoms with Gasteiger partial charge < -0.3 is 31.0 Å². The van der Waals surface area contributed by atoms with Crippen molar-refractivity contribution in [3.63, 3.8) is 0 Å². The van der Waals surface area contributed by atoms with Crippen LogP contribution in [0.2, 0.25) is 0 Å². The molecule has 0 amide bonds. The predicted molar refractivity (Wildman–Crippen MR) is 179 cm³/mol. The maximum Gasteiger partial charge on any atom is 0.388 e. The Balaban J connectivity index is 1.12. The van der Waals surface area contributed by atoms with Gasteiger partial charge in [-0.25, -0.2) is 0 Å². The van der Waals surface area contributed by atoms with E-state index in [-0.39, 0.29) is 6.61 Å². The fourth-order valence-electron chi connectivity index (χ4n) is 6.09. The zero-order valence-electron chi connectivity index (χ0n) is 24.8. The van der Waals surface area contributed by atoms with Crippen LogP contribution in [0, 0.1) is 0 Å². The number of rotatable bonds is 6. The van der Waals surface area contributed by atoms with E-state index in [4.69, 9.17) is 40.0 Å². The highest BCUT2D eigenvalue weighted by Gasteiger charge is 2.55. The topological polar surface area (TPSA) is 98.7 Å². The molecule has 0 spiro atoms. The van der Waals surface area contributed by atoms with E-state index in [0.717, 1.165) is 21.5 Å². The van der Waals surface area contributed by atoms with Crippen LogP contribution >= 0.6 is 16.5 Å². The van der Waals surface area contributed by atoms with Crippen LogP contribution in [0.25, 0.3) is 43.9 Å². The van der Waals surface area contributed by atoms with E-state index < -0.39 is 47.2 Å². The van der Waals surface area contributed by atoms with Crippen molar-refractivity contribution in [1.29, 1.82) is 0 Å². The highest BCUT2D eigenvalue weighted by atomic mass is 31.1. The fraction of sp³-hybridized carbons (Fsp3) is 0.167. The van der Waals surface area contributed by atoms with Gasteiger partial charge in [-0.2, -0.15) is 0 Å². The van der Waals surface area contributed by atoms with Crippen molar-refractivity contribution in [2.45, 2.75) is 30.7 Å². The Hall–Kier alpha value is -4.46. The van der Waals surface area contributed by atoms with Gasteiger partial charge in [0, 0.05) is 21.5 Å². The number of para-hydroxylation sites is 5. The van der Waals surface area contributed by atoms with Gasteiger partial charge in [-0.05, 0) is 36.4 Å². The Bertz CT molecular complexity index is 2170. The average molecular weight is 667 g/mol. The Morgan fingerprint density at radius 3 is 1.40 bits per heavy atom. The van der Waals surface area contributed by atoms with Crippen molar-refractivity contribution in [3.05, 3.63) is 127 Å². The van der Waals surface area contributed by atoms with Gasteiger partial charge in [0.05, 0.1) is 6.61 Å². The first-order valence-corrected chi connectivity index (χ1v) is 17.5. The Morgan fingerprint density at radius 2 is 0.915 bits per heavy atom. The molecule has 11 heteroatoms. The van der Waals surface area contributed by atoms with Crippen LogP contribution in [0.3, 0.4) is 0 Å². The summed E-state index contributed by atoms with van der Waals surface area (Å²) in [6, 6.07) is 40.7. The molecule has 2 aromatic heterocycles. The van der Waals surface area contributed by atoms with Gasteiger partial charge in [-0.15, -0.1) is 0 Å². The standard InChI is InChI=1S/C36H28O9P2/c1-2-12-23(13-3-1)38-36-35(45-47-42-30-20-10-6-16-26(30)27-17-7-11-21-31(27)43-47)34-33(32(39-36)22-37-34)44-46-40-28-18-8-4-14-24(28)25-15-5-9-19-29(25)41-46/h1-21,32-36H,22H2/t32-,33-,34+,35-,36-/m1/s1. The molecule has 0 N–H and O–H groups in total. The molecule has 0 radical (unpaired) electrons. The molecule has 2 aliphatic heterocycles. The van der Waals surface area contributed by atoms with Crippen LogP contribution in [-0.2, 0) is 9.47 Å². The van der Waals surface area contributed by atoms with Gasteiger partial charge in [-0.3, -0.25) is 9.05 Å². The summed E-state index contributed by atoms with van der Waals surface area (Å²) < 4.78 is 58.1. The minimum absolute atomic E-state index is 0.269. The van der Waals surface area contributed by atoms with Gasteiger partial charge in [0.1, 0.15) is 46.4 Å². The van der Waals surface area contributed by atoms with E-state index >= 15 is 0 Å². The van der Waals surface area contributed by atoms with Crippen LogP contribution in [0.4, 0.5) is 0 Å². The molecule has 0 unspecified atom stereocenters. The Kier molecular flexibility index (Phi) is 7.51. The van der Waals surface area contributed by atoms with E-state index in [9.17, 15) is 0 Å². The smallest absolute Gasteiger partial charge is 0.388 e. The summed E-state index contributed by atoms with van der Waals surface area (Å²) in [6.45, 7) is 0.269. The maximum atomic E-state index is 6.69. The molecule has 7 aromatic rings. The summed E-state index contributed by atoms with van der Waals surface area (Å²) >= 11 is 0. The van der Waals surface area contributed by atoms with Crippen LogP contribution in [-0.4, -0.2) is 37.3 Å². The molecular formula is C36H28O9P2. The van der Waals surface area contributed by atoms with Gasteiger partial charge in [0.25, 0.3) is 0 Å². The number of hydrogen-bond donors (Lipinski definition) is 0. The zero-order valence-corrected chi connectivity index (χ0v) is 26.6. The van der Waals surface area contributed by atoms with Crippen molar-refractivity contribution in [2.24, 2.45) is 0 Å². The average Bonchev–Trinajstić information content (AvgIpc) is 3.22. The molecule has 5 aromatic carbocycles. The van der Waals surface area contributed by atoms with Crippen molar-refractivity contribution >= 4 is 60.4 Å². The lowest BCUT2D eigenvalue weighted by molar-refractivity contribution is -0.207. The lowest BCUT2D eigenvalue weighted by Gasteiger charge is -2.37. The number of ether oxygens (including phenoxy) is 3. The Labute approximate surface area is 270 Å². The molecule has 47 heavy (non-hydrogen) atoms. The van der Waals surface area contributed by atoms with E-state index in [1.165, 1.54) is 0 Å². The first-order chi connectivity index (χ1) is 23.3. The first kappa shape index (κ1) is 28.7. The third-order valence-electron chi connectivity index (χ3n) is 8.28. The monoisotopic (exact) mass is 666 g/mol. The van der Waals surface area contributed by atoms with E-state index in [2.05, 4.69) is 0 Å². The SMILES string of the molecule is c1ccc(O[C@@H]2O[C@@H]3CO[C@H]([C@H]2Op2oc4ccccc4c4ccccc4o2)[C@@H]3Op2oc3ccccc3c3ccccc3o2)cc1. The minimum Gasteiger partial charge on any atom is -0.462 e. The van der Waals surface area contributed by atoms with Crippen molar-refractivity contribution in [1.82, 2.24) is 0 Å². The van der Waals surface area contributed by atoms with Crippen LogP contribution < -0.4 is 13.8 Å². The third-order valence-corrected chi connectivity index (χ3v) is 10.5. The molecule has 2 aliphatic rings. The van der Waals surface area contributed by atoms with E-state index in [1.54, 1.807) is 0 Å². The summed E-state index contributed by atoms with van der Waals surface area (Å²) in [7, 11) is -3.87.